The third-order valence-corrected chi connectivity index (χ3v) is 1.23. The van der Waals surface area contributed by atoms with Crippen molar-refractivity contribution in [1.29, 1.82) is 0 Å². The highest BCUT2D eigenvalue weighted by Gasteiger charge is 2.11. The Labute approximate surface area is 90.8 Å². The number of carboxylic acids is 1. The summed E-state index contributed by atoms with van der Waals surface area (Å²) in [5.74, 6) is -1.14. The van der Waals surface area contributed by atoms with Crippen LogP contribution in [0, 0.1) is 0 Å². The maximum atomic E-state index is 10.1. The van der Waals surface area contributed by atoms with E-state index in [1.54, 1.807) is 0 Å². The third kappa shape index (κ3) is 50.3. The molecule has 0 spiro atoms. The Balaban J connectivity index is -0.000000242. The van der Waals surface area contributed by atoms with E-state index in [2.05, 4.69) is 5.32 Å². The monoisotopic (exact) mass is 284 g/mol. The molecule has 0 aromatic carbocycles. The number of carbonyl (C=O) groups is 1. The van der Waals surface area contributed by atoms with Crippen LogP contribution >= 0.6 is 7.60 Å². The lowest BCUT2D eigenvalue weighted by atomic mass is 10.7. The van der Waals surface area contributed by atoms with Crippen molar-refractivity contribution in [2.45, 2.75) is 0 Å². The minimum Gasteiger partial charge on any atom is -0.480 e. The van der Waals surface area contributed by atoms with Crippen LogP contribution in [0.15, 0.2) is 0 Å². The van der Waals surface area contributed by atoms with Crippen molar-refractivity contribution < 1.29 is 41.8 Å². The topological polar surface area (TPSA) is 216 Å². The van der Waals surface area contributed by atoms with Crippen LogP contribution in [0.2, 0.25) is 0 Å². The summed E-state index contributed by atoms with van der Waals surface area (Å²) in [7, 11) is -8.76. The largest absolute Gasteiger partial charge is 0.480 e. The third-order valence-electron chi connectivity index (χ3n) is 0.594. The molecule has 0 saturated carbocycles. The molecule has 0 aromatic heterocycles. The summed E-state index contributed by atoms with van der Waals surface area (Å²) < 4.78 is 41.6. The fraction of sp³-hybridized carbons (Fsp3) is 0.667. The molecule has 0 radical (unpaired) electrons. The Morgan fingerprint density at radius 2 is 1.56 bits per heavy atom. The van der Waals surface area contributed by atoms with Crippen LogP contribution in [0.5, 0.6) is 0 Å². The highest BCUT2D eigenvalue weighted by atomic mass is 32.3. The highest BCUT2D eigenvalue weighted by Crippen LogP contribution is 2.31. The van der Waals surface area contributed by atoms with Crippen LogP contribution < -0.4 is 11.5 Å². The zero-order chi connectivity index (χ0) is 12.7. The second-order valence-corrected chi connectivity index (χ2v) is 4.63. The van der Waals surface area contributed by atoms with Crippen molar-refractivity contribution in [3.8, 4) is 0 Å². The van der Waals surface area contributed by atoms with E-state index in [-0.39, 0.29) is 6.15 Å². The number of rotatable bonds is 4. The molecular formula is C3H13N2O9PS. The molecule has 0 aliphatic carbocycles. The second kappa shape index (κ2) is 8.55. The first-order valence-corrected chi connectivity index (χ1v) is 6.28. The van der Waals surface area contributed by atoms with Crippen LogP contribution in [0.25, 0.3) is 0 Å². The summed E-state index contributed by atoms with van der Waals surface area (Å²) in [6, 6.07) is 0. The Bertz CT molecular complexity index is 325. The van der Waals surface area contributed by atoms with Gasteiger partial charge in [-0.1, -0.05) is 0 Å². The molecule has 0 fully saturated rings. The summed E-state index contributed by atoms with van der Waals surface area (Å²) >= 11 is 0. The van der Waals surface area contributed by atoms with Gasteiger partial charge in [-0.2, -0.15) is 8.42 Å². The molecule has 0 atom stereocenters. The number of aliphatic carboxylic acids is 1. The lowest BCUT2D eigenvalue weighted by molar-refractivity contribution is -0.135. The van der Waals surface area contributed by atoms with Gasteiger partial charge in [-0.15, -0.1) is 0 Å². The van der Waals surface area contributed by atoms with Crippen LogP contribution in [-0.4, -0.2) is 51.2 Å². The van der Waals surface area contributed by atoms with Crippen LogP contribution in [0.1, 0.15) is 0 Å². The molecule has 0 aliphatic rings. The van der Waals surface area contributed by atoms with Gasteiger partial charge in [-0.25, -0.2) is 0 Å². The number of carboxylic acid groups (broad SMARTS) is 1. The molecule has 0 aromatic rings. The fourth-order valence-electron chi connectivity index (χ4n) is 0.308. The van der Waals surface area contributed by atoms with E-state index in [4.69, 9.17) is 32.4 Å². The molecular weight excluding hydrogens is 271 g/mol. The first kappa shape index (κ1) is 20.8. The minimum atomic E-state index is -4.67. The van der Waals surface area contributed by atoms with Crippen molar-refractivity contribution in [1.82, 2.24) is 11.5 Å². The predicted molar refractivity (Wildman–Crippen MR) is 51.7 cm³/mol. The summed E-state index contributed by atoms with van der Waals surface area (Å²) in [5, 5.41) is 10.1. The fourth-order valence-corrected chi connectivity index (χ4v) is 0.712. The second-order valence-electron chi connectivity index (χ2n) is 2.09. The molecule has 0 unspecified atom stereocenters. The van der Waals surface area contributed by atoms with Gasteiger partial charge >= 0.3 is 24.0 Å². The van der Waals surface area contributed by atoms with Crippen molar-refractivity contribution in [2.75, 3.05) is 12.8 Å². The van der Waals surface area contributed by atoms with Crippen molar-refractivity contribution >= 4 is 24.0 Å². The summed E-state index contributed by atoms with van der Waals surface area (Å²) in [6.45, 7) is -0.439. The summed E-state index contributed by atoms with van der Waals surface area (Å²) in [6.07, 6.45) is -0.598. The predicted octanol–water partition coefficient (Wildman–Crippen LogP) is -1.69. The Morgan fingerprint density at radius 1 is 1.25 bits per heavy atom. The molecule has 0 heterocycles. The molecule has 0 bridgehead atoms. The number of nitrogens with one attached hydrogen (secondary N) is 1. The molecule has 100 valence electrons. The molecule has 13 heteroatoms. The van der Waals surface area contributed by atoms with Gasteiger partial charge in [0.1, 0.15) is 0 Å². The highest BCUT2D eigenvalue weighted by molar-refractivity contribution is 7.79. The Morgan fingerprint density at radius 3 is 1.75 bits per heavy atom. The Kier molecular flexibility index (Phi) is 11.1. The molecule has 9 N–H and O–H groups in total. The minimum absolute atomic E-state index is 0. The van der Waals surface area contributed by atoms with Gasteiger partial charge in [-0.05, 0) is 0 Å². The lowest BCUT2D eigenvalue weighted by Crippen LogP contribution is -2.23. The van der Waals surface area contributed by atoms with Crippen LogP contribution in [0.3, 0.4) is 0 Å². The van der Waals surface area contributed by atoms with Gasteiger partial charge in [0, 0.05) is 0 Å². The first-order chi connectivity index (χ1) is 6.42. The standard InChI is InChI=1S/C3H8NO5P.H3N.H2O4S/c5-3(6)1-4-2-10(7,8)9;;1-5(2,3)4/h4H,1-2H2,(H,5,6)(H2,7,8,9);1H3;(H2,1,2,3,4). The lowest BCUT2D eigenvalue weighted by Gasteiger charge is -2.02. The van der Waals surface area contributed by atoms with Gasteiger partial charge in [0.05, 0.1) is 12.8 Å². The maximum Gasteiger partial charge on any atom is 0.394 e. The van der Waals surface area contributed by atoms with Gasteiger partial charge in [0.15, 0.2) is 0 Å². The first-order valence-electron chi connectivity index (χ1n) is 3.09. The van der Waals surface area contributed by atoms with Crippen LogP contribution in [0.4, 0.5) is 0 Å². The van der Waals surface area contributed by atoms with E-state index >= 15 is 0 Å². The zero-order valence-corrected chi connectivity index (χ0v) is 9.56. The zero-order valence-electron chi connectivity index (χ0n) is 7.85. The molecule has 16 heavy (non-hydrogen) atoms. The average Bonchev–Trinajstić information content (AvgIpc) is 1.77. The van der Waals surface area contributed by atoms with Gasteiger partial charge in [-0.3, -0.25) is 23.8 Å². The van der Waals surface area contributed by atoms with E-state index < -0.39 is 36.8 Å². The van der Waals surface area contributed by atoms with Crippen molar-refractivity contribution in [3.63, 3.8) is 0 Å². The molecule has 0 saturated heterocycles. The smallest absolute Gasteiger partial charge is 0.394 e. The Hall–Kier alpha value is -0.590. The van der Waals surface area contributed by atoms with Gasteiger partial charge in [0.2, 0.25) is 0 Å². The quantitative estimate of drug-likeness (QED) is 0.228. The van der Waals surface area contributed by atoms with Crippen molar-refractivity contribution in [2.24, 2.45) is 0 Å². The SMILES string of the molecule is N.O=C(O)CNCP(=O)(O)O.O=S(=O)(O)O. The van der Waals surface area contributed by atoms with E-state index in [0.717, 1.165) is 0 Å². The van der Waals surface area contributed by atoms with E-state index in [1.807, 2.05) is 0 Å². The van der Waals surface area contributed by atoms with Gasteiger partial charge < -0.3 is 21.0 Å². The summed E-state index contributed by atoms with van der Waals surface area (Å²) in [5.41, 5.74) is 0. The molecule has 0 aliphatic heterocycles. The van der Waals surface area contributed by atoms with Crippen molar-refractivity contribution in [3.05, 3.63) is 0 Å². The van der Waals surface area contributed by atoms with Crippen LogP contribution in [-0.2, 0) is 19.8 Å². The molecule has 0 rings (SSSR count). The number of hydrogen-bond acceptors (Lipinski definition) is 6. The van der Waals surface area contributed by atoms with E-state index in [1.165, 1.54) is 0 Å². The average molecular weight is 284 g/mol. The molecule has 11 nitrogen and oxygen atoms in total. The normalized spacial score (nSPS) is 10.8. The number of hydrogen-bond donors (Lipinski definition) is 7. The maximum absolute atomic E-state index is 10.1. The van der Waals surface area contributed by atoms with E-state index in [9.17, 15) is 9.36 Å². The van der Waals surface area contributed by atoms with E-state index in [0.29, 0.717) is 0 Å². The molecule has 0 amide bonds. The summed E-state index contributed by atoms with van der Waals surface area (Å²) in [4.78, 5) is 26.1. The van der Waals surface area contributed by atoms with Gasteiger partial charge in [0.25, 0.3) is 0 Å².